The predicted molar refractivity (Wildman–Crippen MR) is 107 cm³/mol. The lowest BCUT2D eigenvalue weighted by Crippen LogP contribution is -2.44. The van der Waals surface area contributed by atoms with Crippen LogP contribution in [0.15, 0.2) is 34.7 Å². The second-order valence-electron chi connectivity index (χ2n) is 8.07. The Morgan fingerprint density at radius 1 is 1.31 bits per heavy atom. The minimum absolute atomic E-state index is 0.00214. The third-order valence-electron chi connectivity index (χ3n) is 5.48. The van der Waals surface area contributed by atoms with Crippen molar-refractivity contribution in [1.82, 2.24) is 19.8 Å². The average molecular weight is 449 g/mol. The zero-order chi connectivity index (χ0) is 23.0. The monoisotopic (exact) mass is 449 g/mol. The molecule has 0 saturated heterocycles. The number of rotatable bonds is 5. The van der Waals surface area contributed by atoms with Crippen LogP contribution in [0.3, 0.4) is 0 Å². The van der Waals surface area contributed by atoms with Gasteiger partial charge in [0.15, 0.2) is 11.5 Å². The quantitative estimate of drug-likeness (QED) is 0.750. The number of furan rings is 1. The number of amides is 2. The Labute approximate surface area is 181 Å². The zero-order valence-electron chi connectivity index (χ0n) is 17.4. The van der Waals surface area contributed by atoms with E-state index < -0.39 is 17.9 Å². The molecule has 4 rings (SSSR count). The van der Waals surface area contributed by atoms with Crippen LogP contribution < -0.4 is 5.73 Å². The van der Waals surface area contributed by atoms with E-state index in [1.54, 1.807) is 4.90 Å². The molecule has 2 aromatic heterocycles. The van der Waals surface area contributed by atoms with Crippen LogP contribution in [0.5, 0.6) is 0 Å². The number of aromatic nitrogens is 2. The maximum Gasteiger partial charge on any atom is 0.433 e. The van der Waals surface area contributed by atoms with Crippen molar-refractivity contribution in [1.29, 1.82) is 0 Å². The summed E-state index contributed by atoms with van der Waals surface area (Å²) < 4.78 is 45.8. The van der Waals surface area contributed by atoms with Crippen LogP contribution in [0, 0.1) is 0 Å². The normalized spacial score (nSPS) is 17.4. The van der Waals surface area contributed by atoms with Crippen molar-refractivity contribution < 1.29 is 27.2 Å². The molecule has 2 aliphatic rings. The molecule has 2 aliphatic heterocycles. The van der Waals surface area contributed by atoms with Crippen LogP contribution >= 0.6 is 0 Å². The van der Waals surface area contributed by atoms with E-state index in [0.29, 0.717) is 12.1 Å². The minimum atomic E-state index is -4.64. The smallest absolute Gasteiger partial charge is 0.433 e. The largest absolute Gasteiger partial charge is 0.472 e. The Morgan fingerprint density at radius 3 is 2.72 bits per heavy atom. The fraction of sp³-hybridized carbons (Fsp3) is 0.429. The summed E-state index contributed by atoms with van der Waals surface area (Å²) in [6.45, 7) is 2.59. The van der Waals surface area contributed by atoms with Gasteiger partial charge in [-0.1, -0.05) is 0 Å². The Morgan fingerprint density at radius 2 is 2.09 bits per heavy atom. The molecule has 0 bridgehead atoms. The Balaban J connectivity index is 1.49. The highest BCUT2D eigenvalue weighted by molar-refractivity contribution is 5.91. The van der Waals surface area contributed by atoms with Gasteiger partial charge >= 0.3 is 6.18 Å². The molecule has 170 valence electrons. The van der Waals surface area contributed by atoms with Gasteiger partial charge < -0.3 is 20.0 Å². The van der Waals surface area contributed by atoms with Crippen LogP contribution in [0.4, 0.5) is 13.2 Å². The number of carbonyl (C=O) groups excluding carboxylic acids is 2. The molecule has 0 saturated carbocycles. The number of halogens is 3. The average Bonchev–Trinajstić information content (AvgIpc) is 3.35. The topological polar surface area (TPSA) is 106 Å². The fourth-order valence-corrected chi connectivity index (χ4v) is 3.98. The summed E-state index contributed by atoms with van der Waals surface area (Å²) in [6.07, 6.45) is -0.553. The van der Waals surface area contributed by atoms with Crippen LogP contribution in [0.25, 0.3) is 11.4 Å². The van der Waals surface area contributed by atoms with Gasteiger partial charge in [0, 0.05) is 43.7 Å². The first-order valence-corrected chi connectivity index (χ1v) is 10.1. The summed E-state index contributed by atoms with van der Waals surface area (Å²) in [5.41, 5.74) is 6.50. The summed E-state index contributed by atoms with van der Waals surface area (Å²) in [7, 11) is 0. The number of hydrogen-bond acceptors (Lipinski definition) is 6. The van der Waals surface area contributed by atoms with Crippen LogP contribution in [-0.4, -0.2) is 57.3 Å². The molecule has 32 heavy (non-hydrogen) atoms. The van der Waals surface area contributed by atoms with Gasteiger partial charge in [0.05, 0.1) is 24.1 Å². The van der Waals surface area contributed by atoms with E-state index in [2.05, 4.69) is 9.97 Å². The van der Waals surface area contributed by atoms with Gasteiger partial charge in [-0.05, 0) is 25.0 Å². The molecular weight excluding hydrogens is 427 g/mol. The third kappa shape index (κ3) is 4.52. The van der Waals surface area contributed by atoms with Crippen molar-refractivity contribution in [2.75, 3.05) is 19.6 Å². The highest BCUT2D eigenvalue weighted by Gasteiger charge is 2.39. The van der Waals surface area contributed by atoms with Gasteiger partial charge in [0.1, 0.15) is 6.26 Å². The number of alkyl halides is 3. The molecule has 8 nitrogen and oxygen atoms in total. The van der Waals surface area contributed by atoms with E-state index in [1.165, 1.54) is 29.6 Å². The fourth-order valence-electron chi connectivity index (χ4n) is 3.98. The van der Waals surface area contributed by atoms with Gasteiger partial charge in [0.2, 0.25) is 11.8 Å². The number of hydrogen-bond donors (Lipinski definition) is 1. The van der Waals surface area contributed by atoms with Gasteiger partial charge in [-0.15, -0.1) is 0 Å². The molecule has 0 aliphatic carbocycles. The second-order valence-corrected chi connectivity index (χ2v) is 8.07. The summed E-state index contributed by atoms with van der Waals surface area (Å²) >= 11 is 0. The van der Waals surface area contributed by atoms with E-state index >= 15 is 0 Å². The lowest BCUT2D eigenvalue weighted by Gasteiger charge is -2.31. The summed E-state index contributed by atoms with van der Waals surface area (Å²) in [5, 5.41) is 0. The number of fused-ring (bicyclic) bond motifs is 1. The Bertz CT molecular complexity index is 1070. The highest BCUT2D eigenvalue weighted by Crippen LogP contribution is 2.35. The summed E-state index contributed by atoms with van der Waals surface area (Å²) in [6, 6.07) is 0.896. The molecule has 0 unspecified atom stereocenters. The van der Waals surface area contributed by atoms with Crippen LogP contribution in [-0.2, 0) is 28.7 Å². The van der Waals surface area contributed by atoms with Gasteiger partial charge in [-0.3, -0.25) is 9.59 Å². The highest BCUT2D eigenvalue weighted by atomic mass is 19.4. The molecule has 0 radical (unpaired) electrons. The van der Waals surface area contributed by atoms with Crippen molar-refractivity contribution in [2.24, 2.45) is 5.73 Å². The van der Waals surface area contributed by atoms with Gasteiger partial charge in [-0.2, -0.15) is 13.2 Å². The van der Waals surface area contributed by atoms with Crippen LogP contribution in [0.1, 0.15) is 30.3 Å². The number of carbonyl (C=O) groups is 2. The second kappa shape index (κ2) is 8.38. The van der Waals surface area contributed by atoms with E-state index in [0.717, 1.165) is 5.57 Å². The van der Waals surface area contributed by atoms with Crippen LogP contribution in [0.2, 0.25) is 0 Å². The Hall–Kier alpha value is -3.21. The summed E-state index contributed by atoms with van der Waals surface area (Å²) in [5.74, 6) is -0.539. The van der Waals surface area contributed by atoms with Crippen molar-refractivity contribution in [3.8, 4) is 11.4 Å². The van der Waals surface area contributed by atoms with Crippen molar-refractivity contribution >= 4 is 11.8 Å². The number of nitrogens with two attached hydrogens (primary N) is 1. The SMILES string of the molecule is CC1=CC(=O)N(C[C@@H](N)CC(=O)N2CCc3c(nc(-c4ccoc4)nc3C(F)(F)F)C2)C1. The lowest BCUT2D eigenvalue weighted by atomic mass is 10.0. The molecule has 2 N–H and O–H groups in total. The molecule has 4 heterocycles. The molecule has 0 fully saturated rings. The Kier molecular flexibility index (Phi) is 5.76. The zero-order valence-corrected chi connectivity index (χ0v) is 17.4. The first kappa shape index (κ1) is 22.0. The van der Waals surface area contributed by atoms with Crippen molar-refractivity contribution in [2.45, 2.75) is 38.5 Å². The van der Waals surface area contributed by atoms with Crippen molar-refractivity contribution in [3.05, 3.63) is 47.2 Å². The van der Waals surface area contributed by atoms with E-state index in [1.807, 2.05) is 6.92 Å². The predicted octanol–water partition coefficient (Wildman–Crippen LogP) is 2.15. The first-order valence-electron chi connectivity index (χ1n) is 10.1. The van der Waals surface area contributed by atoms with E-state index in [4.69, 9.17) is 10.2 Å². The van der Waals surface area contributed by atoms with Gasteiger partial charge in [-0.25, -0.2) is 9.97 Å². The molecule has 2 amide bonds. The standard InChI is InChI=1S/C21H22F3N5O3/c1-12-6-17(30)29(8-12)9-14(25)7-18(31)28-4-2-15-16(10-28)26-20(13-3-5-32-11-13)27-19(15)21(22,23)24/h3,5-6,11,14H,2,4,7-10,25H2,1H3/t14-/m0/s1. The molecule has 11 heteroatoms. The lowest BCUT2D eigenvalue weighted by molar-refractivity contribution is -0.142. The van der Waals surface area contributed by atoms with Gasteiger partial charge in [0.25, 0.3) is 0 Å². The summed E-state index contributed by atoms with van der Waals surface area (Å²) in [4.78, 5) is 35.7. The maximum absolute atomic E-state index is 13.6. The minimum Gasteiger partial charge on any atom is -0.472 e. The molecule has 2 aromatic rings. The van der Waals surface area contributed by atoms with Crippen molar-refractivity contribution in [3.63, 3.8) is 0 Å². The maximum atomic E-state index is 13.6. The molecule has 0 spiro atoms. The van der Waals surface area contributed by atoms with E-state index in [-0.39, 0.29) is 61.4 Å². The molecular formula is C21H22F3N5O3. The number of nitrogens with zero attached hydrogens (tertiary/aromatic N) is 4. The third-order valence-corrected chi connectivity index (χ3v) is 5.48. The molecule has 1 atom stereocenters. The molecule has 0 aromatic carbocycles. The van der Waals surface area contributed by atoms with E-state index in [9.17, 15) is 22.8 Å². The first-order chi connectivity index (χ1) is 15.1.